The Morgan fingerprint density at radius 1 is 0.323 bits per heavy atom. The van der Waals surface area contributed by atoms with Crippen molar-refractivity contribution in [3.63, 3.8) is 0 Å². The van der Waals surface area contributed by atoms with Gasteiger partial charge in [0.1, 0.15) is 0 Å². The lowest BCUT2D eigenvalue weighted by atomic mass is 9.82. The van der Waals surface area contributed by atoms with E-state index in [0.717, 1.165) is 17.1 Å². The number of para-hydroxylation sites is 1. The Balaban J connectivity index is 1.03. The Labute approximate surface area is 378 Å². The molecule has 0 unspecified atom stereocenters. The third-order valence-electron chi connectivity index (χ3n) is 14.7. The average molecular weight is 827 g/mol. The van der Waals surface area contributed by atoms with E-state index in [0.29, 0.717) is 0 Å². The maximum absolute atomic E-state index is 2.50. The molecule has 3 aliphatic carbocycles. The highest BCUT2D eigenvalue weighted by molar-refractivity contribution is 6.19. The highest BCUT2D eigenvalue weighted by atomic mass is 15.1. The number of hydrogen-bond acceptors (Lipinski definition) is 1. The van der Waals surface area contributed by atoms with E-state index in [-0.39, 0.29) is 5.41 Å². The van der Waals surface area contributed by atoms with Gasteiger partial charge in [-0.25, -0.2) is 0 Å². The second kappa shape index (κ2) is 13.4. The summed E-state index contributed by atoms with van der Waals surface area (Å²) in [5.74, 6) is 0. The summed E-state index contributed by atoms with van der Waals surface area (Å²) in [6.45, 7) is 4.75. The first-order valence-corrected chi connectivity index (χ1v) is 22.8. The van der Waals surface area contributed by atoms with Gasteiger partial charge in [-0.1, -0.05) is 178 Å². The quantitative estimate of drug-likeness (QED) is 0.172. The van der Waals surface area contributed by atoms with Gasteiger partial charge in [-0.2, -0.15) is 0 Å². The zero-order valence-electron chi connectivity index (χ0n) is 36.2. The lowest BCUT2D eigenvalue weighted by Gasteiger charge is -2.29. The second-order valence-electron chi connectivity index (χ2n) is 18.4. The van der Waals surface area contributed by atoms with Gasteiger partial charge in [-0.3, -0.25) is 0 Å². The van der Waals surface area contributed by atoms with E-state index in [1.54, 1.807) is 0 Å². The highest BCUT2D eigenvalue weighted by Crippen LogP contribution is 2.56. The summed E-state index contributed by atoms with van der Waals surface area (Å²) < 4.78 is 2.46. The van der Waals surface area contributed by atoms with Gasteiger partial charge in [0.15, 0.2) is 0 Å². The summed E-state index contributed by atoms with van der Waals surface area (Å²) in [6.07, 6.45) is 0. The Kier molecular flexibility index (Phi) is 7.49. The number of benzene rings is 10. The van der Waals surface area contributed by atoms with E-state index >= 15 is 0 Å². The second-order valence-corrected chi connectivity index (χ2v) is 18.4. The van der Waals surface area contributed by atoms with Gasteiger partial charge >= 0.3 is 0 Å². The van der Waals surface area contributed by atoms with Crippen molar-refractivity contribution in [1.29, 1.82) is 0 Å². The van der Waals surface area contributed by atoms with Crippen molar-refractivity contribution in [2.45, 2.75) is 19.3 Å². The van der Waals surface area contributed by atoms with E-state index < -0.39 is 0 Å². The van der Waals surface area contributed by atoms with Crippen LogP contribution in [0.2, 0.25) is 0 Å². The number of rotatable bonds is 4. The fourth-order valence-electron chi connectivity index (χ4n) is 11.8. The minimum Gasteiger partial charge on any atom is -0.310 e. The van der Waals surface area contributed by atoms with Crippen LogP contribution in [0.1, 0.15) is 47.2 Å². The minimum absolute atomic E-state index is 0.149. The molecule has 2 nitrogen and oxygen atoms in total. The lowest BCUT2D eigenvalue weighted by Crippen LogP contribution is -2.16. The number of aromatic nitrogens is 1. The van der Waals surface area contributed by atoms with Crippen molar-refractivity contribution >= 4 is 60.8 Å². The smallest absolute Gasteiger partial charge is 0.0542 e. The molecule has 11 aromatic rings. The Morgan fingerprint density at radius 2 is 0.800 bits per heavy atom. The molecule has 0 saturated carbocycles. The van der Waals surface area contributed by atoms with Crippen LogP contribution in [-0.2, 0) is 5.41 Å². The zero-order valence-corrected chi connectivity index (χ0v) is 36.2. The first-order chi connectivity index (χ1) is 32.0. The fraction of sp³-hybridized carbons (Fsp3) is 0.0476. The maximum atomic E-state index is 2.50. The topological polar surface area (TPSA) is 8.17 Å². The first kappa shape index (κ1) is 36.3. The van der Waals surface area contributed by atoms with Crippen molar-refractivity contribution in [2.24, 2.45) is 0 Å². The molecule has 3 aliphatic rings. The molecule has 0 atom stereocenters. The molecule has 0 fully saturated rings. The minimum atomic E-state index is -0.149. The molecule has 10 aromatic carbocycles. The van der Waals surface area contributed by atoms with Gasteiger partial charge in [0.25, 0.3) is 0 Å². The summed E-state index contributed by atoms with van der Waals surface area (Å²) in [7, 11) is 0. The van der Waals surface area contributed by atoms with Gasteiger partial charge in [-0.05, 0) is 138 Å². The van der Waals surface area contributed by atoms with Crippen LogP contribution in [0, 0.1) is 0 Å². The Bertz CT molecular complexity index is 3820. The maximum Gasteiger partial charge on any atom is 0.0542 e. The largest absolute Gasteiger partial charge is 0.310 e. The summed E-state index contributed by atoms with van der Waals surface area (Å²) >= 11 is 0. The van der Waals surface area contributed by atoms with Crippen molar-refractivity contribution in [2.75, 3.05) is 4.90 Å². The van der Waals surface area contributed by atoms with Crippen molar-refractivity contribution in [3.05, 3.63) is 252 Å². The van der Waals surface area contributed by atoms with Gasteiger partial charge in [0, 0.05) is 38.6 Å². The molecule has 1 aromatic heterocycles. The molecule has 0 N–H and O–H groups in total. The molecule has 0 aliphatic heterocycles. The summed E-state index contributed by atoms with van der Waals surface area (Å²) in [5, 5.41) is 4.93. The van der Waals surface area contributed by atoms with E-state index in [1.165, 1.54) is 116 Å². The molecule has 0 radical (unpaired) electrons. The van der Waals surface area contributed by atoms with E-state index in [1.807, 2.05) is 0 Å². The van der Waals surface area contributed by atoms with Crippen LogP contribution in [0.5, 0.6) is 0 Å². The van der Waals surface area contributed by atoms with Crippen LogP contribution in [0.15, 0.2) is 218 Å². The molecule has 2 heteroatoms. The Morgan fingerprint density at radius 3 is 1.52 bits per heavy atom. The molecule has 0 saturated heterocycles. The van der Waals surface area contributed by atoms with Crippen LogP contribution >= 0.6 is 0 Å². The predicted molar refractivity (Wildman–Crippen MR) is 273 cm³/mol. The molecule has 0 amide bonds. The number of nitrogens with zero attached hydrogens (tertiary/aromatic N) is 2. The number of anilines is 3. The van der Waals surface area contributed by atoms with Crippen LogP contribution in [0.25, 0.3) is 82.8 Å². The molecular formula is C63H42N2. The fourth-order valence-corrected chi connectivity index (χ4v) is 11.8. The van der Waals surface area contributed by atoms with Crippen LogP contribution in [-0.4, -0.2) is 4.57 Å². The molecule has 65 heavy (non-hydrogen) atoms. The van der Waals surface area contributed by atoms with Crippen LogP contribution < -0.4 is 4.90 Å². The molecule has 0 spiro atoms. The van der Waals surface area contributed by atoms with E-state index in [4.69, 9.17) is 0 Å². The number of hydrogen-bond donors (Lipinski definition) is 0. The van der Waals surface area contributed by atoms with E-state index in [2.05, 4.69) is 242 Å². The van der Waals surface area contributed by atoms with Crippen molar-refractivity contribution in [3.8, 4) is 39.1 Å². The lowest BCUT2D eigenvalue weighted by molar-refractivity contribution is 0.660. The third kappa shape index (κ3) is 5.05. The third-order valence-corrected chi connectivity index (χ3v) is 14.7. The average Bonchev–Trinajstić information content (AvgIpc) is 4.04. The molecule has 14 rings (SSSR count). The van der Waals surface area contributed by atoms with Gasteiger partial charge < -0.3 is 9.47 Å². The molecule has 304 valence electrons. The van der Waals surface area contributed by atoms with E-state index in [9.17, 15) is 0 Å². The van der Waals surface area contributed by atoms with Gasteiger partial charge in [0.05, 0.1) is 16.7 Å². The molecular weight excluding hydrogens is 785 g/mol. The van der Waals surface area contributed by atoms with Crippen molar-refractivity contribution < 1.29 is 0 Å². The summed E-state index contributed by atoms with van der Waals surface area (Å²) in [6, 6.07) is 81.5. The molecule has 1 heterocycles. The predicted octanol–water partition coefficient (Wildman–Crippen LogP) is 16.7. The zero-order chi connectivity index (χ0) is 43.0. The van der Waals surface area contributed by atoms with Crippen LogP contribution in [0.4, 0.5) is 17.1 Å². The van der Waals surface area contributed by atoms with Crippen molar-refractivity contribution in [1.82, 2.24) is 4.57 Å². The Hall–Kier alpha value is -8.20. The summed E-state index contributed by atoms with van der Waals surface area (Å²) in [4.78, 5) is 2.50. The normalized spacial score (nSPS) is 13.8. The van der Waals surface area contributed by atoms with Crippen LogP contribution in [0.3, 0.4) is 0 Å². The highest BCUT2D eigenvalue weighted by Gasteiger charge is 2.37. The standard InChI is InChI=1S/C63H42N2/c1-63(2)56-27-13-11-22-48(56)49-34-31-42(38-57(49)63)64(41-32-35-60-54(36-41)50-23-12-14-28-59(50)65(60)58-29-15-17-39-16-3-4-18-43(39)58)40-30-33-47-46-21-7-10-26-53(46)62(55(47)37-40)61-51-24-8-5-19-44(51)45-20-6-9-25-52(45)61/h3-38H,1-2H3. The number of fused-ring (bicyclic) bond motifs is 13. The summed E-state index contributed by atoms with van der Waals surface area (Å²) in [5.41, 5.74) is 25.1. The monoisotopic (exact) mass is 826 g/mol. The molecule has 0 bridgehead atoms. The SMILES string of the molecule is CC1(C)c2ccccc2-c2ccc(N(c3ccc4c(c3)C(=C3c5ccccc5-c5ccccc53)c3ccccc3-4)c3ccc4c(c3)c3ccccc3n4-c3cccc4ccccc34)cc21. The van der Waals surface area contributed by atoms with Gasteiger partial charge in [-0.15, -0.1) is 0 Å². The van der Waals surface area contributed by atoms with Gasteiger partial charge in [0.2, 0.25) is 0 Å². The first-order valence-electron chi connectivity index (χ1n) is 22.8.